The minimum Gasteiger partial charge on any atom is -0.298 e. The molecule has 4 rings (SSSR count). The molecule has 0 fully saturated rings. The van der Waals surface area contributed by atoms with E-state index in [1.165, 1.54) is 22.5 Å². The molecule has 1 aromatic heterocycles. The first kappa shape index (κ1) is 14.8. The second-order valence-corrected chi connectivity index (χ2v) is 6.96. The molecule has 0 spiro atoms. The van der Waals surface area contributed by atoms with Gasteiger partial charge in [-0.3, -0.25) is 10.1 Å². The lowest BCUT2D eigenvalue weighted by Crippen LogP contribution is -2.11. The van der Waals surface area contributed by atoms with E-state index in [1.54, 1.807) is 0 Å². The number of benzene rings is 3. The van der Waals surface area contributed by atoms with Gasteiger partial charge in [0.15, 0.2) is 5.13 Å². The summed E-state index contributed by atoms with van der Waals surface area (Å²) in [7, 11) is 0. The number of nitrogens with one attached hydrogen (secondary N) is 1. The van der Waals surface area contributed by atoms with Gasteiger partial charge in [0, 0.05) is 5.56 Å². The zero-order valence-electron chi connectivity index (χ0n) is 13.5. The van der Waals surface area contributed by atoms with Gasteiger partial charge in [0.25, 0.3) is 5.91 Å². The Morgan fingerprint density at radius 1 is 1.00 bits per heavy atom. The van der Waals surface area contributed by atoms with Crippen molar-refractivity contribution in [2.75, 3.05) is 5.32 Å². The molecule has 0 bridgehead atoms. The van der Waals surface area contributed by atoms with Crippen LogP contribution in [0, 0.1) is 13.8 Å². The molecule has 0 saturated carbocycles. The summed E-state index contributed by atoms with van der Waals surface area (Å²) in [4.78, 5) is 17.1. The van der Waals surface area contributed by atoms with Crippen LogP contribution < -0.4 is 5.32 Å². The molecule has 0 aliphatic heterocycles. The maximum Gasteiger partial charge on any atom is 0.257 e. The van der Waals surface area contributed by atoms with Gasteiger partial charge >= 0.3 is 0 Å². The van der Waals surface area contributed by atoms with Crippen molar-refractivity contribution >= 4 is 43.4 Å². The van der Waals surface area contributed by atoms with Crippen LogP contribution in [0.3, 0.4) is 0 Å². The highest BCUT2D eigenvalue weighted by atomic mass is 32.1. The number of rotatable bonds is 2. The van der Waals surface area contributed by atoms with Crippen molar-refractivity contribution in [1.29, 1.82) is 0 Å². The second kappa shape index (κ2) is 5.73. The SMILES string of the molecule is Cc1cc(C)c2sc(NC(=O)c3ccc4ccccc4c3)nc2c1. The first-order valence-corrected chi connectivity index (χ1v) is 8.60. The lowest BCUT2D eigenvalue weighted by Gasteiger charge is -2.03. The minimum absolute atomic E-state index is 0.130. The quantitative estimate of drug-likeness (QED) is 0.540. The van der Waals surface area contributed by atoms with E-state index in [2.05, 4.69) is 30.2 Å². The maximum atomic E-state index is 12.5. The van der Waals surface area contributed by atoms with Crippen molar-refractivity contribution in [3.05, 3.63) is 71.3 Å². The number of amides is 1. The Labute approximate surface area is 144 Å². The van der Waals surface area contributed by atoms with Crippen molar-refractivity contribution in [2.24, 2.45) is 0 Å². The highest BCUT2D eigenvalue weighted by Crippen LogP contribution is 2.30. The predicted octanol–water partition coefficient (Wildman–Crippen LogP) is 5.32. The normalized spacial score (nSPS) is 11.1. The van der Waals surface area contributed by atoms with Crippen molar-refractivity contribution in [3.63, 3.8) is 0 Å². The number of aromatic nitrogens is 1. The summed E-state index contributed by atoms with van der Waals surface area (Å²) in [5.74, 6) is -0.130. The molecular weight excluding hydrogens is 316 g/mol. The van der Waals surface area contributed by atoms with Crippen LogP contribution in [0.25, 0.3) is 21.0 Å². The largest absolute Gasteiger partial charge is 0.298 e. The molecule has 4 aromatic rings. The van der Waals surface area contributed by atoms with E-state index in [1.807, 2.05) is 48.5 Å². The van der Waals surface area contributed by atoms with Gasteiger partial charge in [-0.15, -0.1) is 0 Å². The van der Waals surface area contributed by atoms with Crippen LogP contribution in [-0.2, 0) is 0 Å². The summed E-state index contributed by atoms with van der Waals surface area (Å²) in [5, 5.41) is 5.75. The molecule has 118 valence electrons. The smallest absolute Gasteiger partial charge is 0.257 e. The minimum atomic E-state index is -0.130. The lowest BCUT2D eigenvalue weighted by molar-refractivity contribution is 0.102. The summed E-state index contributed by atoms with van der Waals surface area (Å²) in [6, 6.07) is 17.9. The molecule has 24 heavy (non-hydrogen) atoms. The van der Waals surface area contributed by atoms with E-state index in [4.69, 9.17) is 0 Å². The van der Waals surface area contributed by atoms with E-state index in [0.717, 1.165) is 21.0 Å². The van der Waals surface area contributed by atoms with Gasteiger partial charge in [0.2, 0.25) is 0 Å². The summed E-state index contributed by atoms with van der Waals surface area (Å²) >= 11 is 1.52. The van der Waals surface area contributed by atoms with E-state index < -0.39 is 0 Å². The Bertz CT molecular complexity index is 1080. The number of fused-ring (bicyclic) bond motifs is 2. The van der Waals surface area contributed by atoms with Crippen LogP contribution in [-0.4, -0.2) is 10.9 Å². The third-order valence-corrected chi connectivity index (χ3v) is 5.17. The Morgan fingerprint density at radius 2 is 1.79 bits per heavy atom. The van der Waals surface area contributed by atoms with Gasteiger partial charge in [0.05, 0.1) is 10.2 Å². The van der Waals surface area contributed by atoms with Gasteiger partial charge in [-0.1, -0.05) is 47.7 Å². The molecule has 0 saturated heterocycles. The maximum absolute atomic E-state index is 12.5. The number of thiazole rings is 1. The van der Waals surface area contributed by atoms with Crippen molar-refractivity contribution in [3.8, 4) is 0 Å². The third-order valence-electron chi connectivity index (χ3n) is 4.05. The van der Waals surface area contributed by atoms with E-state index >= 15 is 0 Å². The molecule has 3 aromatic carbocycles. The monoisotopic (exact) mass is 332 g/mol. The Hall–Kier alpha value is -2.72. The number of nitrogens with zero attached hydrogens (tertiary/aromatic N) is 1. The van der Waals surface area contributed by atoms with E-state index in [0.29, 0.717) is 10.7 Å². The van der Waals surface area contributed by atoms with E-state index in [9.17, 15) is 4.79 Å². The molecule has 0 radical (unpaired) electrons. The summed E-state index contributed by atoms with van der Waals surface area (Å²) in [6.07, 6.45) is 0. The van der Waals surface area contributed by atoms with Gasteiger partial charge < -0.3 is 0 Å². The molecule has 1 heterocycles. The van der Waals surface area contributed by atoms with Crippen LogP contribution in [0.2, 0.25) is 0 Å². The van der Waals surface area contributed by atoms with Crippen LogP contribution in [0.4, 0.5) is 5.13 Å². The van der Waals surface area contributed by atoms with Crippen LogP contribution in [0.1, 0.15) is 21.5 Å². The number of hydrogen-bond acceptors (Lipinski definition) is 3. The van der Waals surface area contributed by atoms with E-state index in [-0.39, 0.29) is 5.91 Å². The fourth-order valence-corrected chi connectivity index (χ4v) is 3.84. The Balaban J connectivity index is 1.66. The van der Waals surface area contributed by atoms with Gasteiger partial charge in [0.1, 0.15) is 0 Å². The molecule has 0 atom stereocenters. The summed E-state index contributed by atoms with van der Waals surface area (Å²) < 4.78 is 1.12. The lowest BCUT2D eigenvalue weighted by atomic mass is 10.1. The molecule has 1 N–H and O–H groups in total. The van der Waals surface area contributed by atoms with Crippen molar-refractivity contribution < 1.29 is 4.79 Å². The summed E-state index contributed by atoms with van der Waals surface area (Å²) in [6.45, 7) is 4.13. The number of aryl methyl sites for hydroxylation is 2. The fourth-order valence-electron chi connectivity index (χ4n) is 2.93. The average Bonchev–Trinajstić information content (AvgIpc) is 2.97. The number of carbonyl (C=O) groups is 1. The molecule has 0 aliphatic carbocycles. The first-order valence-electron chi connectivity index (χ1n) is 7.78. The Morgan fingerprint density at radius 3 is 2.62 bits per heavy atom. The van der Waals surface area contributed by atoms with Crippen molar-refractivity contribution in [2.45, 2.75) is 13.8 Å². The number of anilines is 1. The van der Waals surface area contributed by atoms with Crippen LogP contribution >= 0.6 is 11.3 Å². The molecular formula is C20H16N2OS. The zero-order chi connectivity index (χ0) is 16.7. The first-order chi connectivity index (χ1) is 11.6. The van der Waals surface area contributed by atoms with Gasteiger partial charge in [-0.25, -0.2) is 4.98 Å². The average molecular weight is 332 g/mol. The third kappa shape index (κ3) is 2.65. The molecule has 0 unspecified atom stereocenters. The number of carbonyl (C=O) groups excluding carboxylic acids is 1. The van der Waals surface area contributed by atoms with Gasteiger partial charge in [-0.05, 0) is 53.9 Å². The zero-order valence-corrected chi connectivity index (χ0v) is 14.3. The molecule has 0 aliphatic rings. The number of hydrogen-bond donors (Lipinski definition) is 1. The molecule has 4 heteroatoms. The van der Waals surface area contributed by atoms with Crippen molar-refractivity contribution in [1.82, 2.24) is 4.98 Å². The topological polar surface area (TPSA) is 42.0 Å². The van der Waals surface area contributed by atoms with Crippen LogP contribution in [0.15, 0.2) is 54.6 Å². The predicted molar refractivity (Wildman–Crippen MR) is 101 cm³/mol. The second-order valence-electron chi connectivity index (χ2n) is 5.97. The molecule has 1 amide bonds. The summed E-state index contributed by atoms with van der Waals surface area (Å²) in [5.41, 5.74) is 3.94. The fraction of sp³-hybridized carbons (Fsp3) is 0.100. The van der Waals surface area contributed by atoms with Gasteiger partial charge in [-0.2, -0.15) is 0 Å². The highest BCUT2D eigenvalue weighted by Gasteiger charge is 2.12. The van der Waals surface area contributed by atoms with Crippen LogP contribution in [0.5, 0.6) is 0 Å². The highest BCUT2D eigenvalue weighted by molar-refractivity contribution is 7.22. The molecule has 3 nitrogen and oxygen atoms in total. The standard InChI is InChI=1S/C20H16N2OS/c1-12-9-13(2)18-17(10-12)21-20(24-18)22-19(23)16-8-7-14-5-3-4-6-15(14)11-16/h3-11H,1-2H3,(H,21,22,23). The Kier molecular flexibility index (Phi) is 3.54.